The molecular weight excluding hydrogens is 280 g/mol. The SMILES string of the molecule is Cc1c(N)cc(Br)cc1C(=O)NC(C)C1CC1. The molecular formula is C13H17BrN2O. The Morgan fingerprint density at radius 2 is 2.18 bits per heavy atom. The number of hydrogen-bond donors (Lipinski definition) is 2. The number of nitrogens with two attached hydrogens (primary N) is 1. The zero-order valence-electron chi connectivity index (χ0n) is 10.1. The Hall–Kier alpha value is -1.03. The molecule has 1 saturated carbocycles. The minimum Gasteiger partial charge on any atom is -0.398 e. The van der Waals surface area contributed by atoms with Gasteiger partial charge in [-0.2, -0.15) is 0 Å². The summed E-state index contributed by atoms with van der Waals surface area (Å²) in [6.07, 6.45) is 2.45. The Morgan fingerprint density at radius 3 is 2.76 bits per heavy atom. The molecule has 0 radical (unpaired) electrons. The van der Waals surface area contributed by atoms with E-state index in [0.29, 0.717) is 17.2 Å². The summed E-state index contributed by atoms with van der Waals surface area (Å²) in [5.41, 5.74) is 7.99. The first-order chi connectivity index (χ1) is 7.99. The summed E-state index contributed by atoms with van der Waals surface area (Å²) in [5.74, 6) is 0.624. The molecule has 1 aliphatic rings. The highest BCUT2D eigenvalue weighted by Gasteiger charge is 2.29. The molecule has 0 bridgehead atoms. The van der Waals surface area contributed by atoms with Crippen molar-refractivity contribution in [3.8, 4) is 0 Å². The number of nitrogens with one attached hydrogen (secondary N) is 1. The lowest BCUT2D eigenvalue weighted by Gasteiger charge is -2.15. The molecule has 3 N–H and O–H groups in total. The average molecular weight is 297 g/mol. The Balaban J connectivity index is 2.17. The molecule has 1 atom stereocenters. The van der Waals surface area contributed by atoms with Gasteiger partial charge in [-0.25, -0.2) is 0 Å². The summed E-state index contributed by atoms with van der Waals surface area (Å²) in [6.45, 7) is 3.94. The molecule has 1 unspecified atom stereocenters. The first-order valence-electron chi connectivity index (χ1n) is 5.85. The lowest BCUT2D eigenvalue weighted by atomic mass is 10.1. The van der Waals surface area contributed by atoms with Crippen molar-refractivity contribution in [3.05, 3.63) is 27.7 Å². The second-order valence-electron chi connectivity index (χ2n) is 4.77. The Bertz CT molecular complexity index is 455. The van der Waals surface area contributed by atoms with E-state index in [-0.39, 0.29) is 11.9 Å². The summed E-state index contributed by atoms with van der Waals surface area (Å²) in [4.78, 5) is 12.1. The van der Waals surface area contributed by atoms with E-state index in [2.05, 4.69) is 28.2 Å². The minimum absolute atomic E-state index is 0.0325. The van der Waals surface area contributed by atoms with Crippen molar-refractivity contribution in [2.45, 2.75) is 32.7 Å². The highest BCUT2D eigenvalue weighted by atomic mass is 79.9. The second-order valence-corrected chi connectivity index (χ2v) is 5.68. The molecule has 0 aromatic heterocycles. The number of hydrogen-bond acceptors (Lipinski definition) is 2. The van der Waals surface area contributed by atoms with E-state index in [0.717, 1.165) is 10.0 Å². The molecule has 0 spiro atoms. The van der Waals surface area contributed by atoms with Gasteiger partial charge < -0.3 is 11.1 Å². The molecule has 3 nitrogen and oxygen atoms in total. The monoisotopic (exact) mass is 296 g/mol. The maximum atomic E-state index is 12.1. The first-order valence-corrected chi connectivity index (χ1v) is 6.65. The standard InChI is InChI=1S/C13H17BrN2O/c1-7-11(5-10(14)6-12(7)15)13(17)16-8(2)9-3-4-9/h5-6,8-9H,3-4,15H2,1-2H3,(H,16,17). The van der Waals surface area contributed by atoms with Gasteiger partial charge in [0, 0.05) is 21.8 Å². The number of carbonyl (C=O) groups is 1. The van der Waals surface area contributed by atoms with Crippen LogP contribution in [0.1, 0.15) is 35.7 Å². The van der Waals surface area contributed by atoms with Crippen molar-refractivity contribution in [1.82, 2.24) is 5.32 Å². The zero-order valence-corrected chi connectivity index (χ0v) is 11.7. The van der Waals surface area contributed by atoms with E-state index in [1.165, 1.54) is 12.8 Å². The third-order valence-electron chi connectivity index (χ3n) is 3.35. The van der Waals surface area contributed by atoms with Crippen molar-refractivity contribution in [1.29, 1.82) is 0 Å². The van der Waals surface area contributed by atoms with E-state index in [9.17, 15) is 4.79 Å². The van der Waals surface area contributed by atoms with Crippen LogP contribution in [-0.2, 0) is 0 Å². The third kappa shape index (κ3) is 2.80. The van der Waals surface area contributed by atoms with E-state index in [4.69, 9.17) is 5.73 Å². The van der Waals surface area contributed by atoms with Crippen molar-refractivity contribution < 1.29 is 4.79 Å². The van der Waals surface area contributed by atoms with Gasteiger partial charge in [-0.05, 0) is 50.3 Å². The fraction of sp³-hybridized carbons (Fsp3) is 0.462. The molecule has 1 aliphatic carbocycles. The minimum atomic E-state index is -0.0325. The second kappa shape index (κ2) is 4.69. The van der Waals surface area contributed by atoms with E-state index in [1.54, 1.807) is 0 Å². The average Bonchev–Trinajstić information content (AvgIpc) is 3.06. The van der Waals surface area contributed by atoms with Gasteiger partial charge in [0.2, 0.25) is 0 Å². The maximum Gasteiger partial charge on any atom is 0.251 e. The zero-order chi connectivity index (χ0) is 12.6. The molecule has 1 amide bonds. The first kappa shape index (κ1) is 12.4. The summed E-state index contributed by atoms with van der Waals surface area (Å²) in [6, 6.07) is 3.89. The van der Waals surface area contributed by atoms with Crippen LogP contribution in [-0.4, -0.2) is 11.9 Å². The summed E-state index contributed by atoms with van der Waals surface area (Å²) in [7, 11) is 0. The fourth-order valence-electron chi connectivity index (χ4n) is 1.93. The molecule has 4 heteroatoms. The van der Waals surface area contributed by atoms with Gasteiger partial charge in [0.05, 0.1) is 0 Å². The number of amides is 1. The van der Waals surface area contributed by atoms with Crippen LogP contribution in [0.5, 0.6) is 0 Å². The maximum absolute atomic E-state index is 12.1. The predicted molar refractivity (Wildman–Crippen MR) is 72.9 cm³/mol. The van der Waals surface area contributed by atoms with E-state index >= 15 is 0 Å². The molecule has 1 aromatic carbocycles. The van der Waals surface area contributed by atoms with Crippen LogP contribution in [0.15, 0.2) is 16.6 Å². The van der Waals surface area contributed by atoms with Crippen molar-refractivity contribution in [2.24, 2.45) is 5.92 Å². The highest BCUT2D eigenvalue weighted by molar-refractivity contribution is 9.10. The topological polar surface area (TPSA) is 55.1 Å². The van der Waals surface area contributed by atoms with Crippen molar-refractivity contribution >= 4 is 27.5 Å². The van der Waals surface area contributed by atoms with Crippen molar-refractivity contribution in [2.75, 3.05) is 5.73 Å². The van der Waals surface area contributed by atoms with Crippen LogP contribution in [0.2, 0.25) is 0 Å². The number of halogens is 1. The number of carbonyl (C=O) groups excluding carboxylic acids is 1. The van der Waals surface area contributed by atoms with Crippen LogP contribution < -0.4 is 11.1 Å². The molecule has 1 aromatic rings. The molecule has 1 fully saturated rings. The van der Waals surface area contributed by atoms with Crippen LogP contribution in [0.25, 0.3) is 0 Å². The highest BCUT2D eigenvalue weighted by Crippen LogP contribution is 2.32. The fourth-order valence-corrected chi connectivity index (χ4v) is 2.41. The number of rotatable bonds is 3. The Morgan fingerprint density at radius 1 is 1.53 bits per heavy atom. The Kier molecular flexibility index (Phi) is 3.43. The third-order valence-corrected chi connectivity index (χ3v) is 3.80. The summed E-state index contributed by atoms with van der Waals surface area (Å²) in [5, 5.41) is 3.04. The molecule has 2 rings (SSSR count). The molecule has 0 aliphatic heterocycles. The van der Waals surface area contributed by atoms with Crippen LogP contribution in [0, 0.1) is 12.8 Å². The lowest BCUT2D eigenvalue weighted by molar-refractivity contribution is 0.0935. The molecule has 0 saturated heterocycles. The lowest BCUT2D eigenvalue weighted by Crippen LogP contribution is -2.34. The molecule has 17 heavy (non-hydrogen) atoms. The molecule has 0 heterocycles. The van der Waals surface area contributed by atoms with Gasteiger partial charge in [-0.1, -0.05) is 15.9 Å². The van der Waals surface area contributed by atoms with Gasteiger partial charge in [0.15, 0.2) is 0 Å². The summed E-state index contributed by atoms with van der Waals surface area (Å²) < 4.78 is 0.838. The van der Waals surface area contributed by atoms with Crippen LogP contribution in [0.4, 0.5) is 5.69 Å². The normalized spacial score (nSPS) is 16.6. The number of anilines is 1. The van der Waals surface area contributed by atoms with Gasteiger partial charge >= 0.3 is 0 Å². The van der Waals surface area contributed by atoms with E-state index < -0.39 is 0 Å². The summed E-state index contributed by atoms with van der Waals surface area (Å²) >= 11 is 3.36. The number of benzene rings is 1. The molecule has 92 valence electrons. The number of nitrogen functional groups attached to an aromatic ring is 1. The van der Waals surface area contributed by atoms with Crippen LogP contribution >= 0.6 is 15.9 Å². The van der Waals surface area contributed by atoms with Gasteiger partial charge in [0.25, 0.3) is 5.91 Å². The van der Waals surface area contributed by atoms with Crippen molar-refractivity contribution in [3.63, 3.8) is 0 Å². The van der Waals surface area contributed by atoms with Gasteiger partial charge in [-0.3, -0.25) is 4.79 Å². The van der Waals surface area contributed by atoms with Gasteiger partial charge in [0.1, 0.15) is 0 Å². The van der Waals surface area contributed by atoms with Gasteiger partial charge in [-0.15, -0.1) is 0 Å². The Labute approximate surface area is 110 Å². The van der Waals surface area contributed by atoms with E-state index in [1.807, 2.05) is 19.1 Å². The van der Waals surface area contributed by atoms with Crippen LogP contribution in [0.3, 0.4) is 0 Å². The smallest absolute Gasteiger partial charge is 0.251 e. The largest absolute Gasteiger partial charge is 0.398 e. The quantitative estimate of drug-likeness (QED) is 0.843. The predicted octanol–water partition coefficient (Wildman–Crippen LogP) is 2.87.